The van der Waals surface area contributed by atoms with Gasteiger partial charge in [0.2, 0.25) is 15.9 Å². The molecule has 1 amide bonds. The van der Waals surface area contributed by atoms with E-state index in [1.54, 1.807) is 40.1 Å². The van der Waals surface area contributed by atoms with Gasteiger partial charge < -0.3 is 24.2 Å². The van der Waals surface area contributed by atoms with Crippen molar-refractivity contribution in [2.75, 3.05) is 86.8 Å². The molecular formula is C28H48N4O5S. The molecule has 216 valence electrons. The Kier molecular flexibility index (Phi) is 11.8. The zero-order valence-corrected chi connectivity index (χ0v) is 24.9. The molecule has 2 aliphatic heterocycles. The van der Waals surface area contributed by atoms with Crippen molar-refractivity contribution in [1.82, 2.24) is 19.0 Å². The molecule has 2 heterocycles. The normalized spacial score (nSPS) is 18.6. The fourth-order valence-electron chi connectivity index (χ4n) is 5.55. The van der Waals surface area contributed by atoms with Crippen molar-refractivity contribution in [3.8, 4) is 5.75 Å². The summed E-state index contributed by atoms with van der Waals surface area (Å²) in [6.45, 7) is 11.4. The van der Waals surface area contributed by atoms with Crippen LogP contribution in [0.1, 0.15) is 43.2 Å². The van der Waals surface area contributed by atoms with E-state index in [9.17, 15) is 13.2 Å². The van der Waals surface area contributed by atoms with E-state index in [4.69, 9.17) is 9.47 Å². The van der Waals surface area contributed by atoms with Gasteiger partial charge in [-0.1, -0.05) is 0 Å². The zero-order valence-electron chi connectivity index (χ0n) is 24.1. The number of benzene rings is 1. The molecule has 2 fully saturated rings. The number of methoxy groups -OCH3 is 1. The maximum atomic E-state index is 13.1. The molecule has 0 spiro atoms. The largest absolute Gasteiger partial charge is 0.497 e. The van der Waals surface area contributed by atoms with Gasteiger partial charge in [-0.3, -0.25) is 4.79 Å². The summed E-state index contributed by atoms with van der Waals surface area (Å²) in [6, 6.07) is 3.45. The third-order valence-electron chi connectivity index (χ3n) is 7.98. The Morgan fingerprint density at radius 3 is 2.39 bits per heavy atom. The summed E-state index contributed by atoms with van der Waals surface area (Å²) in [5.74, 6) is 1.32. The number of rotatable bonds is 12. The number of hydrogen-bond donors (Lipinski definition) is 0. The molecule has 1 aromatic carbocycles. The number of ether oxygens (including phenoxy) is 2. The highest BCUT2D eigenvalue weighted by molar-refractivity contribution is 7.89. The molecule has 0 bridgehead atoms. The standard InChI is InChI=1S/C28H48N4O5S/c1-23-20-26(36-5)21-24(2)28(23)38(34,35)30(4)18-19-37-22-27(33)32-14-9-25(10-15-32)8-6-12-31-13-7-11-29(3)16-17-31/h20-21,25H,6-19,22H2,1-5H3. The lowest BCUT2D eigenvalue weighted by atomic mass is 9.92. The van der Waals surface area contributed by atoms with Crippen LogP contribution in [0, 0.1) is 19.8 Å². The average Bonchev–Trinajstić information content (AvgIpc) is 3.09. The second-order valence-electron chi connectivity index (χ2n) is 10.9. The molecule has 10 heteroatoms. The van der Waals surface area contributed by atoms with Crippen molar-refractivity contribution < 1.29 is 22.7 Å². The highest BCUT2D eigenvalue weighted by Crippen LogP contribution is 2.27. The van der Waals surface area contributed by atoms with Crippen LogP contribution in [-0.4, -0.2) is 120 Å². The minimum Gasteiger partial charge on any atom is -0.497 e. The molecule has 3 rings (SSSR count). The molecule has 9 nitrogen and oxygen atoms in total. The molecular weight excluding hydrogens is 504 g/mol. The zero-order chi connectivity index (χ0) is 27.7. The van der Waals surface area contributed by atoms with Crippen molar-refractivity contribution in [3.05, 3.63) is 23.3 Å². The van der Waals surface area contributed by atoms with Crippen LogP contribution in [0.3, 0.4) is 0 Å². The number of likely N-dealkylation sites (tertiary alicyclic amines) is 1. The van der Waals surface area contributed by atoms with Crippen molar-refractivity contribution >= 4 is 15.9 Å². The molecule has 2 saturated heterocycles. The van der Waals surface area contributed by atoms with Gasteiger partial charge in [0.1, 0.15) is 12.4 Å². The third-order valence-corrected chi connectivity index (χ3v) is 10.1. The molecule has 2 aliphatic rings. The van der Waals surface area contributed by atoms with Gasteiger partial charge in [0.05, 0.1) is 18.6 Å². The van der Waals surface area contributed by atoms with Gasteiger partial charge >= 0.3 is 0 Å². The van der Waals surface area contributed by atoms with E-state index in [0.29, 0.717) is 27.7 Å². The molecule has 0 aromatic heterocycles. The van der Waals surface area contributed by atoms with E-state index in [0.717, 1.165) is 32.5 Å². The molecule has 0 unspecified atom stereocenters. The molecule has 0 N–H and O–H groups in total. The van der Waals surface area contributed by atoms with Crippen LogP contribution in [-0.2, 0) is 19.6 Å². The summed E-state index contributed by atoms with van der Waals surface area (Å²) in [5.41, 5.74) is 1.28. The van der Waals surface area contributed by atoms with Gasteiger partial charge in [-0.25, -0.2) is 8.42 Å². The first-order valence-electron chi connectivity index (χ1n) is 14.0. The lowest BCUT2D eigenvalue weighted by Crippen LogP contribution is -2.41. The van der Waals surface area contributed by atoms with E-state index in [1.807, 2.05) is 4.90 Å². The van der Waals surface area contributed by atoms with Crippen LogP contribution in [0.2, 0.25) is 0 Å². The number of carbonyl (C=O) groups excluding carboxylic acids is 1. The topological polar surface area (TPSA) is 82.6 Å². The highest BCUT2D eigenvalue weighted by atomic mass is 32.2. The highest BCUT2D eigenvalue weighted by Gasteiger charge is 2.26. The van der Waals surface area contributed by atoms with Crippen molar-refractivity contribution in [2.45, 2.75) is 50.8 Å². The lowest BCUT2D eigenvalue weighted by Gasteiger charge is -2.32. The number of carbonyl (C=O) groups is 1. The summed E-state index contributed by atoms with van der Waals surface area (Å²) in [5, 5.41) is 0. The van der Waals surface area contributed by atoms with Crippen molar-refractivity contribution in [3.63, 3.8) is 0 Å². The number of piperidine rings is 1. The van der Waals surface area contributed by atoms with Gasteiger partial charge in [-0.15, -0.1) is 0 Å². The van der Waals surface area contributed by atoms with E-state index in [1.165, 1.54) is 49.7 Å². The lowest BCUT2D eigenvalue weighted by molar-refractivity contribution is -0.137. The Morgan fingerprint density at radius 1 is 1.05 bits per heavy atom. The van der Waals surface area contributed by atoms with E-state index < -0.39 is 10.0 Å². The Hall–Kier alpha value is -1.72. The van der Waals surface area contributed by atoms with Gasteiger partial charge in [-0.05, 0) is 102 Å². The average molecular weight is 553 g/mol. The van der Waals surface area contributed by atoms with Crippen molar-refractivity contribution in [2.24, 2.45) is 5.92 Å². The van der Waals surface area contributed by atoms with Gasteiger partial charge in [0.25, 0.3) is 0 Å². The number of aryl methyl sites for hydroxylation is 2. The smallest absolute Gasteiger partial charge is 0.248 e. The van der Waals surface area contributed by atoms with Gasteiger partial charge in [-0.2, -0.15) is 4.31 Å². The molecule has 1 aromatic rings. The van der Waals surface area contributed by atoms with Crippen LogP contribution in [0.25, 0.3) is 0 Å². The van der Waals surface area contributed by atoms with Gasteiger partial charge in [0, 0.05) is 39.8 Å². The number of sulfonamides is 1. The second kappa shape index (κ2) is 14.6. The first kappa shape index (κ1) is 30.8. The first-order valence-corrected chi connectivity index (χ1v) is 15.4. The maximum absolute atomic E-state index is 13.1. The Morgan fingerprint density at radius 2 is 1.74 bits per heavy atom. The quantitative estimate of drug-likeness (QED) is 0.369. The number of likely N-dealkylation sites (N-methyl/N-ethyl adjacent to an activating group) is 2. The van der Waals surface area contributed by atoms with Crippen LogP contribution >= 0.6 is 0 Å². The van der Waals surface area contributed by atoms with Gasteiger partial charge in [0.15, 0.2) is 0 Å². The second-order valence-corrected chi connectivity index (χ2v) is 12.9. The number of nitrogens with zero attached hydrogens (tertiary/aromatic N) is 4. The fourth-order valence-corrected chi connectivity index (χ4v) is 7.11. The molecule has 0 saturated carbocycles. The van der Waals surface area contributed by atoms with Crippen LogP contribution < -0.4 is 4.74 Å². The SMILES string of the molecule is COc1cc(C)c(S(=O)(=O)N(C)CCOCC(=O)N2CCC(CCCN3CCCN(C)CC3)CC2)c(C)c1. The molecule has 0 aliphatic carbocycles. The van der Waals surface area contributed by atoms with E-state index in [-0.39, 0.29) is 25.7 Å². The maximum Gasteiger partial charge on any atom is 0.248 e. The van der Waals surface area contributed by atoms with Crippen molar-refractivity contribution in [1.29, 1.82) is 0 Å². The monoisotopic (exact) mass is 552 g/mol. The molecule has 0 radical (unpaired) electrons. The Bertz CT molecular complexity index is 987. The van der Waals surface area contributed by atoms with Crippen LogP contribution in [0.15, 0.2) is 17.0 Å². The van der Waals surface area contributed by atoms with Crippen LogP contribution in [0.5, 0.6) is 5.75 Å². The summed E-state index contributed by atoms with van der Waals surface area (Å²) >= 11 is 0. The predicted octanol–water partition coefficient (Wildman–Crippen LogP) is 2.61. The first-order chi connectivity index (χ1) is 18.1. The minimum absolute atomic E-state index is 0.00973. The number of hydrogen-bond acceptors (Lipinski definition) is 7. The summed E-state index contributed by atoms with van der Waals surface area (Å²) in [4.78, 5) is 19.8. The summed E-state index contributed by atoms with van der Waals surface area (Å²) < 4.78 is 38.4. The number of amides is 1. The van der Waals surface area contributed by atoms with E-state index >= 15 is 0 Å². The Balaban J connectivity index is 1.33. The summed E-state index contributed by atoms with van der Waals surface area (Å²) in [7, 11) is 1.64. The van der Waals surface area contributed by atoms with E-state index in [2.05, 4.69) is 16.8 Å². The Labute approximate surface area is 230 Å². The fraction of sp³-hybridized carbons (Fsp3) is 0.750. The predicted molar refractivity (Wildman–Crippen MR) is 150 cm³/mol. The third kappa shape index (κ3) is 8.64. The summed E-state index contributed by atoms with van der Waals surface area (Å²) in [6.07, 6.45) is 5.83. The molecule has 0 atom stereocenters. The van der Waals surface area contributed by atoms with Crippen LogP contribution in [0.4, 0.5) is 0 Å². The molecule has 38 heavy (non-hydrogen) atoms. The minimum atomic E-state index is -3.67.